The Balaban J connectivity index is 1.98. The first kappa shape index (κ1) is 14.1. The SMILES string of the molecule is CCC1CCN(C(=O)NC2(C(=O)O)CCOCC2)C1. The summed E-state index contributed by atoms with van der Waals surface area (Å²) in [6.45, 7) is 4.32. The van der Waals surface area contributed by atoms with Crippen molar-refractivity contribution in [1.29, 1.82) is 0 Å². The lowest BCUT2D eigenvalue weighted by Crippen LogP contribution is -2.60. The lowest BCUT2D eigenvalue weighted by molar-refractivity contribution is -0.148. The van der Waals surface area contributed by atoms with Crippen molar-refractivity contribution in [2.24, 2.45) is 5.92 Å². The Morgan fingerprint density at radius 3 is 2.63 bits per heavy atom. The molecule has 2 rings (SSSR count). The molecule has 0 aromatic heterocycles. The highest BCUT2D eigenvalue weighted by atomic mass is 16.5. The predicted octanol–water partition coefficient (Wildman–Crippen LogP) is 1.06. The summed E-state index contributed by atoms with van der Waals surface area (Å²) in [6, 6.07) is -0.250. The van der Waals surface area contributed by atoms with Crippen LogP contribution in [0.1, 0.15) is 32.6 Å². The zero-order valence-corrected chi connectivity index (χ0v) is 11.4. The van der Waals surface area contributed by atoms with Gasteiger partial charge in [-0.2, -0.15) is 0 Å². The topological polar surface area (TPSA) is 78.9 Å². The highest BCUT2D eigenvalue weighted by Gasteiger charge is 2.43. The van der Waals surface area contributed by atoms with E-state index in [4.69, 9.17) is 4.74 Å². The second-order valence-electron chi connectivity index (χ2n) is 5.44. The molecule has 1 unspecified atom stereocenters. The minimum Gasteiger partial charge on any atom is -0.480 e. The molecule has 6 nitrogen and oxygen atoms in total. The van der Waals surface area contributed by atoms with Crippen molar-refractivity contribution in [3.05, 3.63) is 0 Å². The van der Waals surface area contributed by atoms with Crippen LogP contribution in [0.5, 0.6) is 0 Å². The molecule has 2 N–H and O–H groups in total. The van der Waals surface area contributed by atoms with E-state index in [0.29, 0.717) is 32.0 Å². The van der Waals surface area contributed by atoms with Gasteiger partial charge in [0.1, 0.15) is 5.54 Å². The standard InChI is InChI=1S/C13H22N2O4/c1-2-10-3-6-15(9-10)12(18)14-13(11(16)17)4-7-19-8-5-13/h10H,2-9H2,1H3,(H,14,18)(H,16,17). The summed E-state index contributed by atoms with van der Waals surface area (Å²) in [4.78, 5) is 25.4. The zero-order valence-electron chi connectivity index (χ0n) is 11.4. The van der Waals surface area contributed by atoms with Crippen molar-refractivity contribution in [3.63, 3.8) is 0 Å². The Bertz CT molecular complexity index is 353. The number of carboxylic acids is 1. The molecule has 0 radical (unpaired) electrons. The third-order valence-electron chi connectivity index (χ3n) is 4.25. The second kappa shape index (κ2) is 5.77. The molecule has 0 saturated carbocycles. The molecule has 2 fully saturated rings. The first-order valence-corrected chi connectivity index (χ1v) is 6.95. The molecule has 108 valence electrons. The van der Waals surface area contributed by atoms with Gasteiger partial charge in [-0.25, -0.2) is 9.59 Å². The van der Waals surface area contributed by atoms with Gasteiger partial charge in [0.15, 0.2) is 0 Å². The van der Waals surface area contributed by atoms with Gasteiger partial charge >= 0.3 is 12.0 Å². The highest BCUT2D eigenvalue weighted by Crippen LogP contribution is 2.23. The first-order valence-electron chi connectivity index (χ1n) is 6.95. The first-order chi connectivity index (χ1) is 9.07. The van der Waals surface area contributed by atoms with Crippen molar-refractivity contribution >= 4 is 12.0 Å². The molecule has 2 heterocycles. The lowest BCUT2D eigenvalue weighted by Gasteiger charge is -2.35. The largest absolute Gasteiger partial charge is 0.480 e. The van der Waals surface area contributed by atoms with Gasteiger partial charge in [0.05, 0.1) is 0 Å². The van der Waals surface area contributed by atoms with Crippen molar-refractivity contribution in [1.82, 2.24) is 10.2 Å². The van der Waals surface area contributed by atoms with Crippen molar-refractivity contribution in [2.45, 2.75) is 38.1 Å². The normalized spacial score (nSPS) is 26.2. The van der Waals surface area contributed by atoms with Crippen LogP contribution in [0.4, 0.5) is 4.79 Å². The molecule has 6 heteroatoms. The third-order valence-corrected chi connectivity index (χ3v) is 4.25. The molecule has 2 aliphatic rings. The van der Waals surface area contributed by atoms with Crippen LogP contribution < -0.4 is 5.32 Å². The molecule has 1 atom stereocenters. The molecule has 0 aromatic rings. The maximum absolute atomic E-state index is 12.2. The Kier molecular flexibility index (Phi) is 4.29. The maximum atomic E-state index is 12.2. The van der Waals surface area contributed by atoms with Gasteiger partial charge in [-0.3, -0.25) is 0 Å². The fraction of sp³-hybridized carbons (Fsp3) is 0.846. The van der Waals surface area contributed by atoms with E-state index in [2.05, 4.69) is 12.2 Å². The Hall–Kier alpha value is -1.30. The van der Waals surface area contributed by atoms with Crippen LogP contribution in [0, 0.1) is 5.92 Å². The third kappa shape index (κ3) is 3.00. The number of aliphatic carboxylic acids is 1. The van der Waals surface area contributed by atoms with Gasteiger partial charge in [-0.05, 0) is 12.3 Å². The number of hydrogen-bond donors (Lipinski definition) is 2. The summed E-state index contributed by atoms with van der Waals surface area (Å²) in [7, 11) is 0. The van der Waals surface area contributed by atoms with Gasteiger partial charge in [0.25, 0.3) is 0 Å². The van der Waals surface area contributed by atoms with E-state index in [9.17, 15) is 14.7 Å². The number of nitrogens with one attached hydrogen (secondary N) is 1. The van der Waals surface area contributed by atoms with Crippen LogP contribution in [0.15, 0.2) is 0 Å². The van der Waals surface area contributed by atoms with Gasteiger partial charge in [-0.1, -0.05) is 13.3 Å². The molecule has 19 heavy (non-hydrogen) atoms. The average molecular weight is 270 g/mol. The highest BCUT2D eigenvalue weighted by molar-refractivity contribution is 5.86. The van der Waals surface area contributed by atoms with Crippen molar-refractivity contribution in [3.8, 4) is 0 Å². The predicted molar refractivity (Wildman–Crippen MR) is 68.9 cm³/mol. The Morgan fingerprint density at radius 1 is 1.42 bits per heavy atom. The Labute approximate surface area is 113 Å². The van der Waals surface area contributed by atoms with Crippen LogP contribution >= 0.6 is 0 Å². The number of likely N-dealkylation sites (tertiary alicyclic amines) is 1. The number of amides is 2. The maximum Gasteiger partial charge on any atom is 0.329 e. The summed E-state index contributed by atoms with van der Waals surface area (Å²) >= 11 is 0. The van der Waals surface area contributed by atoms with Gasteiger partial charge in [0.2, 0.25) is 0 Å². The number of carboxylic acid groups (broad SMARTS) is 1. The number of rotatable bonds is 3. The van der Waals surface area contributed by atoms with Gasteiger partial charge < -0.3 is 20.1 Å². The summed E-state index contributed by atoms with van der Waals surface area (Å²) in [5.74, 6) is -0.420. The molecule has 2 amide bonds. The van der Waals surface area contributed by atoms with E-state index in [1.807, 2.05) is 0 Å². The molecule has 2 aliphatic heterocycles. The number of ether oxygens (including phenoxy) is 1. The molecule has 0 aromatic carbocycles. The van der Waals surface area contributed by atoms with E-state index in [1.54, 1.807) is 4.90 Å². The molecule has 0 aliphatic carbocycles. The van der Waals surface area contributed by atoms with E-state index in [0.717, 1.165) is 25.9 Å². The van der Waals surface area contributed by atoms with E-state index < -0.39 is 11.5 Å². The molecular formula is C13H22N2O4. The lowest BCUT2D eigenvalue weighted by atomic mass is 9.90. The van der Waals surface area contributed by atoms with E-state index >= 15 is 0 Å². The minimum absolute atomic E-state index is 0.250. The van der Waals surface area contributed by atoms with E-state index in [-0.39, 0.29) is 6.03 Å². The van der Waals surface area contributed by atoms with Crippen LogP contribution in [0.25, 0.3) is 0 Å². The quantitative estimate of drug-likeness (QED) is 0.803. The minimum atomic E-state index is -1.15. The molecular weight excluding hydrogens is 248 g/mol. The number of urea groups is 1. The zero-order chi connectivity index (χ0) is 13.9. The van der Waals surface area contributed by atoms with Crippen LogP contribution in [-0.4, -0.2) is 53.8 Å². The average Bonchev–Trinajstić information content (AvgIpc) is 2.88. The summed E-state index contributed by atoms with van der Waals surface area (Å²) in [5, 5.41) is 12.1. The smallest absolute Gasteiger partial charge is 0.329 e. The molecule has 2 saturated heterocycles. The van der Waals surface area contributed by atoms with Crippen LogP contribution in [0.2, 0.25) is 0 Å². The van der Waals surface area contributed by atoms with E-state index in [1.165, 1.54) is 0 Å². The number of nitrogens with zero attached hydrogens (tertiary/aromatic N) is 1. The molecule has 0 spiro atoms. The van der Waals surface area contributed by atoms with Crippen LogP contribution in [-0.2, 0) is 9.53 Å². The second-order valence-corrected chi connectivity index (χ2v) is 5.44. The van der Waals surface area contributed by atoms with Crippen molar-refractivity contribution in [2.75, 3.05) is 26.3 Å². The number of carbonyl (C=O) groups is 2. The van der Waals surface area contributed by atoms with Gasteiger partial charge in [0, 0.05) is 39.1 Å². The van der Waals surface area contributed by atoms with Crippen LogP contribution in [0.3, 0.4) is 0 Å². The number of hydrogen-bond acceptors (Lipinski definition) is 3. The van der Waals surface area contributed by atoms with Crippen molar-refractivity contribution < 1.29 is 19.4 Å². The summed E-state index contributed by atoms with van der Waals surface area (Å²) in [5.41, 5.74) is -1.15. The summed E-state index contributed by atoms with van der Waals surface area (Å²) < 4.78 is 5.19. The fourth-order valence-corrected chi connectivity index (χ4v) is 2.75. The Morgan fingerprint density at radius 2 is 2.11 bits per heavy atom. The summed E-state index contributed by atoms with van der Waals surface area (Å²) in [6.07, 6.45) is 2.73. The fourth-order valence-electron chi connectivity index (χ4n) is 2.75. The molecule has 0 bridgehead atoms. The number of carbonyl (C=O) groups excluding carboxylic acids is 1. The van der Waals surface area contributed by atoms with Gasteiger partial charge in [-0.15, -0.1) is 0 Å². The monoisotopic (exact) mass is 270 g/mol.